The Bertz CT molecular complexity index is 2280. The molecule has 6 N–H and O–H groups in total. The zero-order chi connectivity index (χ0) is 34.0. The van der Waals surface area contributed by atoms with Crippen LogP contribution in [0.1, 0.15) is 17.5 Å². The Kier molecular flexibility index (Phi) is 9.05. The number of aryl methyl sites for hydroxylation is 1. The number of fused-ring (bicyclic) bond motifs is 2. The Balaban J connectivity index is 1.64. The van der Waals surface area contributed by atoms with Crippen LogP contribution < -0.4 is 32.6 Å². The van der Waals surface area contributed by atoms with Gasteiger partial charge in [0.25, 0.3) is 17.0 Å². The summed E-state index contributed by atoms with van der Waals surface area (Å²) in [7, 11) is 0. The highest BCUT2D eigenvalue weighted by Crippen LogP contribution is 2.40. The van der Waals surface area contributed by atoms with E-state index < -0.39 is 17.5 Å². The van der Waals surface area contributed by atoms with Crippen LogP contribution in [0.4, 0.5) is 11.4 Å². The molecule has 10 nitrogen and oxygen atoms in total. The lowest BCUT2D eigenvalue weighted by molar-refractivity contribution is -0.124. The van der Waals surface area contributed by atoms with E-state index in [4.69, 9.17) is 34.7 Å². The van der Waals surface area contributed by atoms with Crippen molar-refractivity contribution in [3.63, 3.8) is 0 Å². The zero-order valence-electron chi connectivity index (χ0n) is 25.5. The minimum Gasteiger partial charge on any atom is -0.366 e. The molecule has 0 bridgehead atoms. The zero-order valence-corrected chi connectivity index (χ0v) is 27.0. The first-order chi connectivity index (χ1) is 23.1. The Labute approximate surface area is 284 Å². The van der Waals surface area contributed by atoms with Crippen molar-refractivity contribution in [2.24, 2.45) is 11.5 Å². The molecule has 0 fully saturated rings. The molecule has 0 aliphatic heterocycles. The van der Waals surface area contributed by atoms with Crippen LogP contribution >= 0.6 is 23.2 Å². The number of amides is 2. The molecule has 0 radical (unpaired) electrons. The number of H-pyrrole nitrogens is 2. The largest absolute Gasteiger partial charge is 0.366 e. The summed E-state index contributed by atoms with van der Waals surface area (Å²) < 4.78 is 0. The first-order valence-electron chi connectivity index (χ1n) is 15.0. The van der Waals surface area contributed by atoms with Gasteiger partial charge < -0.3 is 15.7 Å². The van der Waals surface area contributed by atoms with Gasteiger partial charge in [0.1, 0.15) is 0 Å². The Morgan fingerprint density at radius 1 is 0.708 bits per heavy atom. The van der Waals surface area contributed by atoms with Crippen LogP contribution in [0.15, 0.2) is 119 Å². The lowest BCUT2D eigenvalue weighted by Crippen LogP contribution is -2.72. The summed E-state index contributed by atoms with van der Waals surface area (Å²) in [4.78, 5) is 59.0. The molecular formula is C36H30Cl2N6O4. The van der Waals surface area contributed by atoms with Crippen molar-refractivity contribution in [1.82, 2.24) is 9.97 Å². The molecule has 0 unspecified atom stereocenters. The number of nitrogens with one attached hydrogen (secondary N) is 2. The van der Waals surface area contributed by atoms with E-state index in [1.165, 1.54) is 34.5 Å². The summed E-state index contributed by atoms with van der Waals surface area (Å²) >= 11 is 13.8. The van der Waals surface area contributed by atoms with Crippen molar-refractivity contribution in [2.45, 2.75) is 24.9 Å². The Morgan fingerprint density at radius 2 is 1.21 bits per heavy atom. The van der Waals surface area contributed by atoms with Crippen molar-refractivity contribution < 1.29 is 9.59 Å². The number of pyridine rings is 2. The van der Waals surface area contributed by atoms with Gasteiger partial charge in [0.15, 0.2) is 5.66 Å². The van der Waals surface area contributed by atoms with Gasteiger partial charge in [0, 0.05) is 36.0 Å². The fraction of sp³-hybridized carbons (Fsp3) is 0.111. The highest BCUT2D eigenvalue weighted by molar-refractivity contribution is 6.36. The molecule has 242 valence electrons. The van der Waals surface area contributed by atoms with Crippen molar-refractivity contribution in [3.05, 3.63) is 151 Å². The molecule has 6 rings (SSSR count). The number of benzene rings is 4. The molecule has 1 atom stereocenters. The van der Waals surface area contributed by atoms with Gasteiger partial charge in [-0.2, -0.15) is 0 Å². The lowest BCUT2D eigenvalue weighted by atomic mass is 9.97. The highest BCUT2D eigenvalue weighted by atomic mass is 35.5. The maximum Gasteiger partial charge on any atom is 0.260 e. The molecule has 4 aromatic carbocycles. The van der Waals surface area contributed by atoms with Gasteiger partial charge in [-0.3, -0.25) is 24.9 Å². The Morgan fingerprint density at radius 3 is 1.75 bits per heavy atom. The summed E-state index contributed by atoms with van der Waals surface area (Å²) in [6.45, 7) is 0. The fourth-order valence-corrected chi connectivity index (χ4v) is 6.24. The van der Waals surface area contributed by atoms with Gasteiger partial charge >= 0.3 is 0 Å². The normalized spacial score (nSPS) is 12.5. The van der Waals surface area contributed by atoms with Crippen LogP contribution in [-0.2, 0) is 22.4 Å². The number of nitrogens with two attached hydrogens (primary N) is 2. The van der Waals surface area contributed by atoms with Crippen molar-refractivity contribution >= 4 is 67.9 Å². The van der Waals surface area contributed by atoms with Crippen LogP contribution in [0.3, 0.4) is 0 Å². The van der Waals surface area contributed by atoms with Crippen molar-refractivity contribution in [3.8, 4) is 0 Å². The second-order valence-electron chi connectivity index (χ2n) is 11.3. The molecule has 12 heteroatoms. The number of carbonyl (C=O) groups excluding carboxylic acids is 2. The first-order valence-corrected chi connectivity index (χ1v) is 15.7. The summed E-state index contributed by atoms with van der Waals surface area (Å²) in [5.74, 6) is -1.47. The molecule has 0 spiro atoms. The summed E-state index contributed by atoms with van der Waals surface area (Å²) in [5.41, 5.74) is 12.1. The number of hydrazine groups is 1. The number of aromatic nitrogens is 2. The van der Waals surface area contributed by atoms with Crippen molar-refractivity contribution in [2.75, 3.05) is 10.0 Å². The number of nitrogens with zero attached hydrogens (tertiary/aromatic N) is 2. The van der Waals surface area contributed by atoms with E-state index in [0.717, 1.165) is 5.56 Å². The van der Waals surface area contributed by atoms with Crippen LogP contribution in [0, 0.1) is 0 Å². The molecule has 6 aromatic rings. The van der Waals surface area contributed by atoms with Crippen LogP contribution in [0.5, 0.6) is 0 Å². The number of halogens is 2. The van der Waals surface area contributed by atoms with Crippen LogP contribution in [0.2, 0.25) is 10.0 Å². The van der Waals surface area contributed by atoms with Gasteiger partial charge in [-0.25, -0.2) is 10.0 Å². The average Bonchev–Trinajstić information content (AvgIpc) is 3.07. The molecule has 0 saturated carbocycles. The average molecular weight is 682 g/mol. The standard InChI is InChI=1S/C36H30Cl2N6O4/c37-28-19-26-24(13-15-41-33(26)46)17-30(28)43(32(45)12-11-22-7-3-1-4-8-22)44(36(40,35(39)48)21-23-9-5-2-6-10-23)31-18-25-14-16-42-34(47)27(25)20-29(31)38/h1-10,13-20H,11-12,21,40H2,(H2,39,48)(H,41,46)(H,42,47)/t36-/m0/s1. The molecule has 2 aromatic heterocycles. The predicted octanol–water partition coefficient (Wildman–Crippen LogP) is 5.45. The van der Waals surface area contributed by atoms with Crippen molar-refractivity contribution in [1.29, 1.82) is 0 Å². The molecule has 0 saturated heterocycles. The van der Waals surface area contributed by atoms with Crippen LogP contribution in [-0.4, -0.2) is 27.4 Å². The van der Waals surface area contributed by atoms with E-state index in [-0.39, 0.29) is 56.2 Å². The third kappa shape index (κ3) is 6.28. The third-order valence-corrected chi connectivity index (χ3v) is 8.77. The first kappa shape index (κ1) is 32.5. The molecule has 0 aliphatic rings. The number of anilines is 2. The van der Waals surface area contributed by atoms with E-state index in [1.807, 2.05) is 36.4 Å². The maximum atomic E-state index is 14.7. The van der Waals surface area contributed by atoms with Crippen LogP contribution in [0.25, 0.3) is 21.5 Å². The topological polar surface area (TPSA) is 158 Å². The molecular weight excluding hydrogens is 651 g/mol. The minimum absolute atomic E-state index is 0.0116. The number of hydrogen-bond donors (Lipinski definition) is 4. The Hall–Kier alpha value is -5.42. The van der Waals surface area contributed by atoms with Gasteiger partial charge in [-0.15, -0.1) is 0 Å². The third-order valence-electron chi connectivity index (χ3n) is 8.17. The number of aromatic amines is 2. The van der Waals surface area contributed by atoms with E-state index in [9.17, 15) is 19.2 Å². The number of carbonyl (C=O) groups is 2. The minimum atomic E-state index is -2.13. The molecule has 2 amide bonds. The predicted molar refractivity (Wildman–Crippen MR) is 190 cm³/mol. The fourth-order valence-electron chi connectivity index (χ4n) is 5.75. The van der Waals surface area contributed by atoms with Gasteiger partial charge in [-0.05, 0) is 64.7 Å². The van der Waals surface area contributed by atoms with Gasteiger partial charge in [0.2, 0.25) is 5.91 Å². The molecule has 0 aliphatic carbocycles. The van der Waals surface area contributed by atoms with Gasteiger partial charge in [-0.1, -0.05) is 83.9 Å². The smallest absolute Gasteiger partial charge is 0.260 e. The summed E-state index contributed by atoms with van der Waals surface area (Å²) in [6, 6.07) is 27.7. The number of primary amides is 1. The van der Waals surface area contributed by atoms with Gasteiger partial charge in [0.05, 0.1) is 21.4 Å². The summed E-state index contributed by atoms with van der Waals surface area (Å²) in [6.07, 6.45) is 3.09. The highest BCUT2D eigenvalue weighted by Gasteiger charge is 2.46. The quantitative estimate of drug-likeness (QED) is 0.111. The molecule has 2 heterocycles. The lowest BCUT2D eigenvalue weighted by Gasteiger charge is -2.47. The monoisotopic (exact) mass is 680 g/mol. The second kappa shape index (κ2) is 13.4. The summed E-state index contributed by atoms with van der Waals surface area (Å²) in [5, 5.41) is 4.01. The number of rotatable bonds is 10. The number of hydrogen-bond acceptors (Lipinski definition) is 6. The SMILES string of the molecule is NC(=O)[C@](N)(Cc1ccccc1)N(c1cc2cc[nH]c(=O)c2cc1Cl)N(C(=O)CCc1ccccc1)c1cc2cc[nH]c(=O)c2cc1Cl. The van der Waals surface area contributed by atoms with E-state index in [0.29, 0.717) is 22.8 Å². The van der Waals surface area contributed by atoms with E-state index in [2.05, 4.69) is 9.97 Å². The maximum absolute atomic E-state index is 14.7. The molecule has 48 heavy (non-hydrogen) atoms. The van der Waals surface area contributed by atoms with E-state index >= 15 is 0 Å². The second-order valence-corrected chi connectivity index (χ2v) is 12.2. The van der Waals surface area contributed by atoms with E-state index in [1.54, 1.807) is 48.5 Å².